The van der Waals surface area contributed by atoms with Crippen LogP contribution in [-0.4, -0.2) is 23.1 Å². The van der Waals surface area contributed by atoms with Gasteiger partial charge >= 0.3 is 11.7 Å². The number of aryl methyl sites for hydroxylation is 1. The minimum Gasteiger partial charge on any atom is -0.456 e. The first-order chi connectivity index (χ1) is 14.6. The average molecular weight is 404 g/mol. The molecule has 0 saturated carbocycles. The summed E-state index contributed by atoms with van der Waals surface area (Å²) >= 11 is 0. The quantitative estimate of drug-likeness (QED) is 0.474. The highest BCUT2D eigenvalue weighted by Crippen LogP contribution is 2.22. The van der Waals surface area contributed by atoms with Gasteiger partial charge in [-0.15, -0.1) is 0 Å². The molecule has 0 aliphatic heterocycles. The summed E-state index contributed by atoms with van der Waals surface area (Å²) in [7, 11) is 0. The number of oxazole rings is 1. The van der Waals surface area contributed by atoms with E-state index < -0.39 is 17.6 Å². The third-order valence-electron chi connectivity index (χ3n) is 4.76. The van der Waals surface area contributed by atoms with Gasteiger partial charge in [0.05, 0.1) is 5.52 Å². The fourth-order valence-corrected chi connectivity index (χ4v) is 3.35. The van der Waals surface area contributed by atoms with E-state index in [0.29, 0.717) is 29.8 Å². The molecule has 0 aliphatic carbocycles. The van der Waals surface area contributed by atoms with E-state index in [2.05, 4.69) is 5.32 Å². The van der Waals surface area contributed by atoms with Crippen molar-refractivity contribution in [2.75, 3.05) is 11.9 Å². The third-order valence-corrected chi connectivity index (χ3v) is 4.76. The average Bonchev–Trinajstić information content (AvgIpc) is 3.08. The Bertz CT molecular complexity index is 1270. The number of ether oxygens (including phenoxy) is 1. The molecule has 152 valence electrons. The first kappa shape index (κ1) is 19.4. The predicted molar refractivity (Wildman–Crippen MR) is 113 cm³/mol. The fraction of sp³-hybridized carbons (Fsp3) is 0.174. The monoisotopic (exact) mass is 404 g/mol. The van der Waals surface area contributed by atoms with Crippen molar-refractivity contribution in [2.45, 2.75) is 19.4 Å². The number of nitrogens with one attached hydrogen (secondary N) is 1. The zero-order valence-electron chi connectivity index (χ0n) is 16.2. The van der Waals surface area contributed by atoms with E-state index in [1.54, 1.807) is 24.3 Å². The number of amides is 1. The van der Waals surface area contributed by atoms with E-state index in [1.165, 1.54) is 4.57 Å². The van der Waals surface area contributed by atoms with Crippen LogP contribution in [0.25, 0.3) is 21.9 Å². The summed E-state index contributed by atoms with van der Waals surface area (Å²) in [5, 5.41) is 4.70. The lowest BCUT2D eigenvalue weighted by atomic mass is 10.1. The molecule has 30 heavy (non-hydrogen) atoms. The van der Waals surface area contributed by atoms with Crippen molar-refractivity contribution in [1.29, 1.82) is 0 Å². The molecule has 0 saturated heterocycles. The van der Waals surface area contributed by atoms with Crippen molar-refractivity contribution >= 4 is 39.4 Å². The highest BCUT2D eigenvalue weighted by Gasteiger charge is 2.12. The van der Waals surface area contributed by atoms with Gasteiger partial charge in [0.25, 0.3) is 5.91 Å². The molecule has 0 atom stereocenters. The Hall–Kier alpha value is -3.87. The van der Waals surface area contributed by atoms with Crippen LogP contribution < -0.4 is 11.1 Å². The molecule has 0 fully saturated rings. The Morgan fingerprint density at radius 1 is 0.967 bits per heavy atom. The van der Waals surface area contributed by atoms with Crippen molar-refractivity contribution < 1.29 is 18.7 Å². The van der Waals surface area contributed by atoms with Gasteiger partial charge in [-0.2, -0.15) is 0 Å². The van der Waals surface area contributed by atoms with E-state index in [-0.39, 0.29) is 13.0 Å². The van der Waals surface area contributed by atoms with Crippen LogP contribution in [0.5, 0.6) is 0 Å². The Kier molecular flexibility index (Phi) is 5.61. The standard InChI is InChI=1S/C23H20N2O5/c26-21(24-18-10-5-8-16-7-1-2-9-17(16)18)15-29-22(27)13-6-14-25-19-11-3-4-12-20(19)30-23(25)28/h1-5,7-12H,6,13-15H2,(H,24,26). The maximum atomic E-state index is 12.2. The van der Waals surface area contributed by atoms with E-state index in [9.17, 15) is 14.4 Å². The van der Waals surface area contributed by atoms with Crippen LogP contribution in [0.4, 0.5) is 5.69 Å². The third kappa shape index (κ3) is 4.25. The van der Waals surface area contributed by atoms with Gasteiger partial charge in [0.2, 0.25) is 0 Å². The lowest BCUT2D eigenvalue weighted by molar-refractivity contribution is -0.147. The normalized spacial score (nSPS) is 10.9. The van der Waals surface area contributed by atoms with Crippen molar-refractivity contribution in [3.63, 3.8) is 0 Å². The van der Waals surface area contributed by atoms with E-state index in [4.69, 9.17) is 9.15 Å². The largest absolute Gasteiger partial charge is 0.456 e. The van der Waals surface area contributed by atoms with Crippen LogP contribution >= 0.6 is 0 Å². The molecule has 0 bridgehead atoms. The Morgan fingerprint density at radius 3 is 2.63 bits per heavy atom. The minimum absolute atomic E-state index is 0.0908. The zero-order valence-corrected chi connectivity index (χ0v) is 16.2. The number of aromatic nitrogens is 1. The molecule has 1 amide bonds. The highest BCUT2D eigenvalue weighted by atomic mass is 16.5. The molecule has 1 heterocycles. The molecule has 7 nitrogen and oxygen atoms in total. The summed E-state index contributed by atoms with van der Waals surface area (Å²) in [6.07, 6.45) is 0.487. The molecule has 0 radical (unpaired) electrons. The number of carbonyl (C=O) groups excluding carboxylic acids is 2. The van der Waals surface area contributed by atoms with Crippen LogP contribution in [0, 0.1) is 0 Å². The molecular weight excluding hydrogens is 384 g/mol. The van der Waals surface area contributed by atoms with Gasteiger partial charge in [-0.1, -0.05) is 48.5 Å². The molecule has 1 aromatic heterocycles. The molecule has 0 spiro atoms. The van der Waals surface area contributed by atoms with Gasteiger partial charge < -0.3 is 14.5 Å². The SMILES string of the molecule is O=C(COC(=O)CCCn1c(=O)oc2ccccc21)Nc1cccc2ccccc12. The van der Waals surface area contributed by atoms with Crippen LogP contribution in [0.1, 0.15) is 12.8 Å². The van der Waals surface area contributed by atoms with Gasteiger partial charge in [-0.05, 0) is 30.0 Å². The second kappa shape index (κ2) is 8.65. The Labute approximate surface area is 171 Å². The number of esters is 1. The molecule has 4 rings (SSSR count). The number of hydrogen-bond donors (Lipinski definition) is 1. The summed E-state index contributed by atoms with van der Waals surface area (Å²) in [4.78, 5) is 36.1. The fourth-order valence-electron chi connectivity index (χ4n) is 3.35. The summed E-state index contributed by atoms with van der Waals surface area (Å²) in [6, 6.07) is 20.4. The predicted octanol–water partition coefficient (Wildman–Crippen LogP) is 3.71. The van der Waals surface area contributed by atoms with Gasteiger partial charge in [0.1, 0.15) is 0 Å². The first-order valence-corrected chi connectivity index (χ1v) is 9.63. The highest BCUT2D eigenvalue weighted by molar-refractivity contribution is 6.02. The van der Waals surface area contributed by atoms with Crippen molar-refractivity contribution in [3.8, 4) is 0 Å². The van der Waals surface area contributed by atoms with Gasteiger partial charge in [-0.25, -0.2) is 4.79 Å². The maximum Gasteiger partial charge on any atom is 0.419 e. The second-order valence-corrected chi connectivity index (χ2v) is 6.83. The lowest BCUT2D eigenvalue weighted by Gasteiger charge is -2.09. The van der Waals surface area contributed by atoms with E-state index in [0.717, 1.165) is 10.8 Å². The number of rotatable bonds is 7. The van der Waals surface area contributed by atoms with Crippen molar-refractivity contribution in [3.05, 3.63) is 77.3 Å². The van der Waals surface area contributed by atoms with Crippen molar-refractivity contribution in [1.82, 2.24) is 4.57 Å². The van der Waals surface area contributed by atoms with E-state index in [1.807, 2.05) is 42.5 Å². The van der Waals surface area contributed by atoms with Crippen LogP contribution in [0.2, 0.25) is 0 Å². The van der Waals surface area contributed by atoms with Gasteiger partial charge in [-0.3, -0.25) is 14.2 Å². The lowest BCUT2D eigenvalue weighted by Crippen LogP contribution is -2.21. The van der Waals surface area contributed by atoms with Crippen molar-refractivity contribution in [2.24, 2.45) is 0 Å². The molecule has 4 aromatic rings. The number of hydrogen-bond acceptors (Lipinski definition) is 5. The summed E-state index contributed by atoms with van der Waals surface area (Å²) in [5.41, 5.74) is 1.86. The molecular formula is C23H20N2O5. The Morgan fingerprint density at radius 2 is 1.73 bits per heavy atom. The summed E-state index contributed by atoms with van der Waals surface area (Å²) < 4.78 is 11.7. The van der Waals surface area contributed by atoms with Gasteiger partial charge in [0, 0.05) is 24.0 Å². The number of anilines is 1. The van der Waals surface area contributed by atoms with Crippen LogP contribution in [0.3, 0.4) is 0 Å². The topological polar surface area (TPSA) is 90.5 Å². The molecule has 1 N–H and O–H groups in total. The van der Waals surface area contributed by atoms with Crippen LogP contribution in [0.15, 0.2) is 75.9 Å². The first-order valence-electron chi connectivity index (χ1n) is 9.63. The number of nitrogens with zero attached hydrogens (tertiary/aromatic N) is 1. The van der Waals surface area contributed by atoms with Crippen LogP contribution in [-0.2, 0) is 20.9 Å². The summed E-state index contributed by atoms with van der Waals surface area (Å²) in [6.45, 7) is -0.0379. The molecule has 7 heteroatoms. The maximum absolute atomic E-state index is 12.2. The number of fused-ring (bicyclic) bond motifs is 2. The molecule has 0 aliphatic rings. The Balaban J connectivity index is 1.27. The number of carbonyl (C=O) groups is 2. The zero-order chi connectivity index (χ0) is 20.9. The number of benzene rings is 3. The minimum atomic E-state index is -0.496. The second-order valence-electron chi connectivity index (χ2n) is 6.83. The molecule has 3 aromatic carbocycles. The van der Waals surface area contributed by atoms with Gasteiger partial charge in [0.15, 0.2) is 12.2 Å². The van der Waals surface area contributed by atoms with E-state index >= 15 is 0 Å². The summed E-state index contributed by atoms with van der Waals surface area (Å²) in [5.74, 6) is -1.36. The molecule has 0 unspecified atom stereocenters. The number of para-hydroxylation sites is 2. The smallest absolute Gasteiger partial charge is 0.419 e.